The molecule has 0 amide bonds. The van der Waals surface area contributed by atoms with E-state index in [1.807, 2.05) is 0 Å². The van der Waals surface area contributed by atoms with Gasteiger partial charge in [0, 0.05) is 11.6 Å². The van der Waals surface area contributed by atoms with E-state index >= 15 is 0 Å². The van der Waals surface area contributed by atoms with Crippen molar-refractivity contribution in [1.82, 2.24) is 0 Å². The zero-order chi connectivity index (χ0) is 7.98. The van der Waals surface area contributed by atoms with Crippen LogP contribution in [0.5, 0.6) is 0 Å². The summed E-state index contributed by atoms with van der Waals surface area (Å²) in [6.07, 6.45) is 2.01. The molecule has 2 nitrogen and oxygen atoms in total. The van der Waals surface area contributed by atoms with Crippen LogP contribution in [0.2, 0.25) is 0 Å². The van der Waals surface area contributed by atoms with E-state index in [-0.39, 0.29) is 0 Å². The average molecular weight is 165 g/mol. The summed E-state index contributed by atoms with van der Waals surface area (Å²) in [7, 11) is 0. The number of rotatable bonds is 4. The number of hydrogen-bond acceptors (Lipinski definition) is 2. The van der Waals surface area contributed by atoms with Crippen molar-refractivity contribution >= 4 is 17.0 Å². The van der Waals surface area contributed by atoms with Gasteiger partial charge in [0.05, 0.1) is 6.61 Å². The lowest BCUT2D eigenvalue weighted by Gasteiger charge is -2.06. The van der Waals surface area contributed by atoms with Gasteiger partial charge in [0.2, 0.25) is 0 Å². The molecule has 0 saturated heterocycles. The Hall–Kier alpha value is -0.240. The zero-order valence-corrected chi connectivity index (χ0v) is 7.15. The molecule has 0 bridgehead atoms. The first-order chi connectivity index (χ1) is 4.66. The van der Waals surface area contributed by atoms with Gasteiger partial charge in [-0.2, -0.15) is 0 Å². The minimum absolute atomic E-state index is 0.442. The normalized spacial score (nSPS) is 12.7. The van der Waals surface area contributed by atoms with E-state index in [0.717, 1.165) is 12.8 Å². The highest BCUT2D eigenvalue weighted by Crippen LogP contribution is 2.06. The molecule has 3 heteroatoms. The molecular formula is C7H13ClO2. The first-order valence-corrected chi connectivity index (χ1v) is 3.86. The first-order valence-electron chi connectivity index (χ1n) is 3.49. The van der Waals surface area contributed by atoms with E-state index in [1.54, 1.807) is 0 Å². The summed E-state index contributed by atoms with van der Waals surface area (Å²) in [5.74, 6) is 0.607. The Balaban J connectivity index is 3.11. The van der Waals surface area contributed by atoms with Gasteiger partial charge in [0.1, 0.15) is 0 Å². The van der Waals surface area contributed by atoms with Crippen LogP contribution in [0.15, 0.2) is 0 Å². The fraction of sp³-hybridized carbons (Fsp3) is 0.857. The van der Waals surface area contributed by atoms with Gasteiger partial charge in [0.25, 0.3) is 0 Å². The van der Waals surface area contributed by atoms with Gasteiger partial charge in [-0.05, 0) is 12.3 Å². The molecule has 0 aromatic rings. The lowest BCUT2D eigenvalue weighted by atomic mass is 10.1. The number of ether oxygens (including phenoxy) is 1. The van der Waals surface area contributed by atoms with Crippen molar-refractivity contribution in [2.24, 2.45) is 5.92 Å². The predicted octanol–water partition coefficient (Wildman–Crippen LogP) is 2.80. The summed E-state index contributed by atoms with van der Waals surface area (Å²) in [4.78, 5) is 10.1. The molecule has 0 rings (SSSR count). The van der Waals surface area contributed by atoms with E-state index in [1.165, 1.54) is 0 Å². The molecule has 10 heavy (non-hydrogen) atoms. The zero-order valence-electron chi connectivity index (χ0n) is 6.39. The Morgan fingerprint density at radius 1 is 1.70 bits per heavy atom. The summed E-state index contributed by atoms with van der Waals surface area (Å²) < 4.78 is 4.54. The molecule has 0 fully saturated rings. The standard InChI is InChI=1S/C7H13ClO2/c1-3-6(2)4-5-10-7(8)9/h6H,3-5H2,1-2H3. The van der Waals surface area contributed by atoms with Crippen molar-refractivity contribution in [3.8, 4) is 0 Å². The van der Waals surface area contributed by atoms with Crippen LogP contribution in [-0.2, 0) is 4.74 Å². The third kappa shape index (κ3) is 5.89. The molecule has 1 unspecified atom stereocenters. The third-order valence-corrected chi connectivity index (χ3v) is 1.63. The highest BCUT2D eigenvalue weighted by molar-refractivity contribution is 6.61. The summed E-state index contributed by atoms with van der Waals surface area (Å²) in [5.41, 5.74) is -0.705. The molecule has 0 aliphatic heterocycles. The van der Waals surface area contributed by atoms with Crippen LogP contribution >= 0.6 is 11.6 Å². The summed E-state index contributed by atoms with van der Waals surface area (Å²) in [6, 6.07) is 0. The van der Waals surface area contributed by atoms with E-state index in [0.29, 0.717) is 12.5 Å². The van der Waals surface area contributed by atoms with Gasteiger partial charge in [0.15, 0.2) is 0 Å². The smallest absolute Gasteiger partial charge is 0.403 e. The molecule has 0 N–H and O–H groups in total. The second kappa shape index (κ2) is 5.54. The van der Waals surface area contributed by atoms with Crippen LogP contribution in [0.3, 0.4) is 0 Å². The van der Waals surface area contributed by atoms with E-state index < -0.39 is 5.43 Å². The van der Waals surface area contributed by atoms with Gasteiger partial charge in [-0.15, -0.1) is 0 Å². The maximum Gasteiger partial charge on any atom is 0.403 e. The molecule has 0 saturated carbocycles. The first kappa shape index (κ1) is 9.76. The minimum atomic E-state index is -0.705. The van der Waals surface area contributed by atoms with E-state index in [2.05, 4.69) is 18.6 Å². The van der Waals surface area contributed by atoms with Crippen LogP contribution < -0.4 is 0 Å². The van der Waals surface area contributed by atoms with E-state index in [9.17, 15) is 4.79 Å². The van der Waals surface area contributed by atoms with Crippen molar-refractivity contribution in [1.29, 1.82) is 0 Å². The van der Waals surface area contributed by atoms with Crippen molar-refractivity contribution in [3.05, 3.63) is 0 Å². The molecular weight excluding hydrogens is 152 g/mol. The van der Waals surface area contributed by atoms with Crippen LogP contribution in [0, 0.1) is 5.92 Å². The molecule has 0 aliphatic carbocycles. The summed E-state index contributed by atoms with van der Waals surface area (Å²) >= 11 is 4.94. The van der Waals surface area contributed by atoms with Crippen LogP contribution in [-0.4, -0.2) is 12.0 Å². The molecule has 0 spiro atoms. The van der Waals surface area contributed by atoms with Gasteiger partial charge >= 0.3 is 5.43 Å². The molecule has 0 radical (unpaired) electrons. The third-order valence-electron chi connectivity index (χ3n) is 1.52. The van der Waals surface area contributed by atoms with Crippen molar-refractivity contribution in [2.75, 3.05) is 6.61 Å². The lowest BCUT2D eigenvalue weighted by molar-refractivity contribution is 0.165. The molecule has 0 aromatic heterocycles. The Morgan fingerprint density at radius 3 is 2.70 bits per heavy atom. The Labute approximate surface area is 66.5 Å². The fourth-order valence-electron chi connectivity index (χ4n) is 0.544. The number of hydrogen-bond donors (Lipinski definition) is 0. The Bertz CT molecular complexity index is 104. The minimum Gasteiger partial charge on any atom is -0.454 e. The quantitative estimate of drug-likeness (QED) is 0.598. The molecule has 0 aromatic carbocycles. The average Bonchev–Trinajstić information content (AvgIpc) is 1.87. The van der Waals surface area contributed by atoms with E-state index in [4.69, 9.17) is 11.6 Å². The van der Waals surface area contributed by atoms with Crippen molar-refractivity contribution in [2.45, 2.75) is 26.7 Å². The molecule has 0 heterocycles. The molecule has 0 aliphatic rings. The van der Waals surface area contributed by atoms with Crippen LogP contribution in [0.25, 0.3) is 0 Å². The monoisotopic (exact) mass is 164 g/mol. The lowest BCUT2D eigenvalue weighted by Crippen LogP contribution is -2.01. The number of carbonyl (C=O) groups excluding carboxylic acids is 1. The topological polar surface area (TPSA) is 26.3 Å². The second-order valence-electron chi connectivity index (χ2n) is 2.39. The van der Waals surface area contributed by atoms with Crippen LogP contribution in [0.1, 0.15) is 26.7 Å². The predicted molar refractivity (Wildman–Crippen MR) is 41.3 cm³/mol. The van der Waals surface area contributed by atoms with Crippen molar-refractivity contribution < 1.29 is 9.53 Å². The maximum absolute atomic E-state index is 10.1. The fourth-order valence-corrected chi connectivity index (χ4v) is 0.622. The maximum atomic E-state index is 10.1. The highest BCUT2D eigenvalue weighted by Gasteiger charge is 2.00. The van der Waals surface area contributed by atoms with Gasteiger partial charge in [-0.1, -0.05) is 20.3 Å². The summed E-state index contributed by atoms with van der Waals surface area (Å²) in [6.45, 7) is 4.66. The SMILES string of the molecule is CCC(C)CCOC(=O)Cl. The van der Waals surface area contributed by atoms with Gasteiger partial charge < -0.3 is 4.74 Å². The Kier molecular flexibility index (Phi) is 5.40. The Morgan fingerprint density at radius 2 is 2.30 bits per heavy atom. The number of halogens is 1. The highest BCUT2D eigenvalue weighted by atomic mass is 35.5. The number of carbonyl (C=O) groups is 1. The second-order valence-corrected chi connectivity index (χ2v) is 2.70. The van der Waals surface area contributed by atoms with Gasteiger partial charge in [-0.25, -0.2) is 4.79 Å². The van der Waals surface area contributed by atoms with Gasteiger partial charge in [-0.3, -0.25) is 0 Å². The summed E-state index contributed by atoms with van der Waals surface area (Å²) in [5, 5.41) is 0. The molecule has 60 valence electrons. The largest absolute Gasteiger partial charge is 0.454 e. The van der Waals surface area contributed by atoms with Crippen LogP contribution in [0.4, 0.5) is 4.79 Å². The molecule has 1 atom stereocenters. The van der Waals surface area contributed by atoms with Crippen molar-refractivity contribution in [3.63, 3.8) is 0 Å².